The summed E-state index contributed by atoms with van der Waals surface area (Å²) in [7, 11) is 0. The summed E-state index contributed by atoms with van der Waals surface area (Å²) in [4.78, 5) is 25.4. The second-order valence-electron chi connectivity index (χ2n) is 5.66. The molecular weight excluding hydrogens is 244 g/mol. The summed E-state index contributed by atoms with van der Waals surface area (Å²) < 4.78 is 0. The fourth-order valence-electron chi connectivity index (χ4n) is 2.97. The molecule has 2 aliphatic rings. The van der Waals surface area contributed by atoms with Crippen LogP contribution >= 0.6 is 0 Å². The Labute approximate surface area is 114 Å². The Bertz CT molecular complexity index is 342. The monoisotopic (exact) mass is 268 g/mol. The van der Waals surface area contributed by atoms with Crippen molar-refractivity contribution in [2.45, 2.75) is 64.0 Å². The molecule has 0 heterocycles. The number of carbonyl (C=O) groups excluding carboxylic acids is 1. The average Bonchev–Trinajstić information content (AvgIpc) is 3.17. The van der Waals surface area contributed by atoms with Gasteiger partial charge in [0.25, 0.3) is 0 Å². The molecule has 0 aromatic carbocycles. The lowest BCUT2D eigenvalue weighted by Crippen LogP contribution is -2.49. The van der Waals surface area contributed by atoms with Gasteiger partial charge in [-0.2, -0.15) is 0 Å². The highest BCUT2D eigenvalue weighted by atomic mass is 16.4. The maximum absolute atomic E-state index is 12.2. The van der Waals surface area contributed by atoms with Crippen molar-refractivity contribution in [3.05, 3.63) is 0 Å². The Balaban J connectivity index is 1.97. The summed E-state index contributed by atoms with van der Waals surface area (Å²) in [5, 5.41) is 12.3. The minimum absolute atomic E-state index is 0.0804. The largest absolute Gasteiger partial charge is 0.481 e. The van der Waals surface area contributed by atoms with E-state index in [1.54, 1.807) is 0 Å². The zero-order chi connectivity index (χ0) is 13.8. The van der Waals surface area contributed by atoms with E-state index in [4.69, 9.17) is 0 Å². The molecule has 2 unspecified atom stereocenters. The predicted octanol–water partition coefficient (Wildman–Crippen LogP) is 2.21. The molecule has 0 aromatic heterocycles. The molecule has 19 heavy (non-hydrogen) atoms. The zero-order valence-corrected chi connectivity index (χ0v) is 11.6. The van der Waals surface area contributed by atoms with Crippen LogP contribution in [0.2, 0.25) is 0 Å². The molecule has 0 spiro atoms. The Morgan fingerprint density at radius 2 is 1.84 bits per heavy atom. The molecule has 0 saturated heterocycles. The Morgan fingerprint density at radius 3 is 2.42 bits per heavy atom. The summed E-state index contributed by atoms with van der Waals surface area (Å²) in [5.74, 6) is -1.20. The van der Waals surface area contributed by atoms with Gasteiger partial charge in [0.1, 0.15) is 0 Å². The number of aliphatic carboxylic acids is 1. The van der Waals surface area contributed by atoms with Crippen molar-refractivity contribution in [3.63, 3.8) is 0 Å². The number of carboxylic acid groups (broad SMARTS) is 1. The van der Waals surface area contributed by atoms with Gasteiger partial charge < -0.3 is 15.3 Å². The summed E-state index contributed by atoms with van der Waals surface area (Å²) >= 11 is 0. The van der Waals surface area contributed by atoms with E-state index in [0.717, 1.165) is 38.5 Å². The molecule has 0 aliphatic heterocycles. The van der Waals surface area contributed by atoms with Crippen molar-refractivity contribution in [3.8, 4) is 0 Å². The quantitative estimate of drug-likeness (QED) is 0.768. The van der Waals surface area contributed by atoms with E-state index in [9.17, 15) is 14.7 Å². The van der Waals surface area contributed by atoms with Crippen molar-refractivity contribution in [2.24, 2.45) is 5.92 Å². The molecule has 5 heteroatoms. The molecule has 0 bridgehead atoms. The van der Waals surface area contributed by atoms with Crippen LogP contribution in [-0.4, -0.2) is 40.6 Å². The maximum atomic E-state index is 12.2. The summed E-state index contributed by atoms with van der Waals surface area (Å²) in [6, 6.07) is 0.0857. The third kappa shape index (κ3) is 3.61. The molecule has 2 rings (SSSR count). The normalized spacial score (nSPS) is 27.4. The number of rotatable bonds is 4. The lowest BCUT2D eigenvalue weighted by molar-refractivity contribution is -0.142. The van der Waals surface area contributed by atoms with Crippen molar-refractivity contribution in [1.82, 2.24) is 10.2 Å². The number of amides is 2. The van der Waals surface area contributed by atoms with E-state index < -0.39 is 11.9 Å². The molecule has 108 valence electrons. The molecule has 5 nitrogen and oxygen atoms in total. The van der Waals surface area contributed by atoms with Gasteiger partial charge in [0.2, 0.25) is 0 Å². The molecule has 2 N–H and O–H groups in total. The number of carboxylic acids is 1. The second-order valence-corrected chi connectivity index (χ2v) is 5.66. The lowest BCUT2D eigenvalue weighted by atomic mass is 9.95. The van der Waals surface area contributed by atoms with Crippen LogP contribution in [0.15, 0.2) is 0 Å². The first-order chi connectivity index (χ1) is 9.13. The fourth-order valence-corrected chi connectivity index (χ4v) is 2.97. The number of hydrogen-bond donors (Lipinski definition) is 2. The molecule has 2 atom stereocenters. The van der Waals surface area contributed by atoms with Crippen LogP contribution in [-0.2, 0) is 4.79 Å². The van der Waals surface area contributed by atoms with E-state index in [2.05, 4.69) is 5.32 Å². The van der Waals surface area contributed by atoms with E-state index in [1.807, 2.05) is 11.8 Å². The fraction of sp³-hybridized carbons (Fsp3) is 0.857. The number of nitrogens with zero attached hydrogens (tertiary/aromatic N) is 1. The highest BCUT2D eigenvalue weighted by molar-refractivity contribution is 5.77. The highest BCUT2D eigenvalue weighted by Gasteiger charge is 2.35. The van der Waals surface area contributed by atoms with Crippen molar-refractivity contribution in [1.29, 1.82) is 0 Å². The molecule has 0 radical (unpaired) electrons. The smallest absolute Gasteiger partial charge is 0.317 e. The van der Waals surface area contributed by atoms with Crippen molar-refractivity contribution < 1.29 is 14.7 Å². The standard InChI is InChI=1S/C14H24N2O3/c1-2-16(10-8-9-10)14(19)15-12-7-5-3-4-6-11(12)13(17)18/h10-12H,2-9H2,1H3,(H,15,19)(H,17,18). The van der Waals surface area contributed by atoms with Gasteiger partial charge in [-0.1, -0.05) is 19.3 Å². The van der Waals surface area contributed by atoms with E-state index in [1.165, 1.54) is 0 Å². The summed E-state index contributed by atoms with van der Waals surface area (Å²) in [6.07, 6.45) is 6.63. The SMILES string of the molecule is CCN(C(=O)NC1CCCCCC1C(=O)O)C1CC1. The minimum atomic E-state index is -0.776. The van der Waals surface area contributed by atoms with Gasteiger partial charge in [-0.3, -0.25) is 4.79 Å². The van der Waals surface area contributed by atoms with E-state index in [0.29, 0.717) is 19.0 Å². The Kier molecular flexibility index (Phi) is 4.66. The van der Waals surface area contributed by atoms with Gasteiger partial charge in [0, 0.05) is 18.6 Å². The number of hydrogen-bond acceptors (Lipinski definition) is 2. The van der Waals surface area contributed by atoms with Gasteiger partial charge in [-0.25, -0.2) is 4.79 Å². The van der Waals surface area contributed by atoms with Crippen molar-refractivity contribution >= 4 is 12.0 Å². The third-order valence-electron chi connectivity index (χ3n) is 4.23. The van der Waals surface area contributed by atoms with Gasteiger partial charge in [0.15, 0.2) is 0 Å². The molecule has 2 fully saturated rings. The minimum Gasteiger partial charge on any atom is -0.481 e. The van der Waals surface area contributed by atoms with Gasteiger partial charge in [0.05, 0.1) is 5.92 Å². The second kappa shape index (κ2) is 6.26. The lowest BCUT2D eigenvalue weighted by Gasteiger charge is -2.27. The first-order valence-corrected chi connectivity index (χ1v) is 7.43. The number of urea groups is 1. The topological polar surface area (TPSA) is 69.6 Å². The maximum Gasteiger partial charge on any atom is 0.317 e. The van der Waals surface area contributed by atoms with Crippen LogP contribution in [0.5, 0.6) is 0 Å². The first kappa shape index (κ1) is 14.2. The van der Waals surface area contributed by atoms with Gasteiger partial charge in [-0.15, -0.1) is 0 Å². The zero-order valence-electron chi connectivity index (χ0n) is 11.6. The van der Waals surface area contributed by atoms with Crippen LogP contribution in [0, 0.1) is 5.92 Å². The number of carbonyl (C=O) groups is 2. The third-order valence-corrected chi connectivity index (χ3v) is 4.23. The molecule has 2 aliphatic carbocycles. The Morgan fingerprint density at radius 1 is 1.16 bits per heavy atom. The predicted molar refractivity (Wildman–Crippen MR) is 71.9 cm³/mol. The molecule has 0 aromatic rings. The van der Waals surface area contributed by atoms with Crippen LogP contribution in [0.4, 0.5) is 4.79 Å². The van der Waals surface area contributed by atoms with E-state index in [-0.39, 0.29) is 12.1 Å². The van der Waals surface area contributed by atoms with Gasteiger partial charge in [-0.05, 0) is 32.6 Å². The summed E-state index contributed by atoms with van der Waals surface area (Å²) in [5.41, 5.74) is 0. The molecule has 2 saturated carbocycles. The number of nitrogens with one attached hydrogen (secondary N) is 1. The molecular formula is C14H24N2O3. The van der Waals surface area contributed by atoms with Crippen LogP contribution in [0.1, 0.15) is 51.9 Å². The van der Waals surface area contributed by atoms with Crippen LogP contribution in [0.25, 0.3) is 0 Å². The highest BCUT2D eigenvalue weighted by Crippen LogP contribution is 2.28. The van der Waals surface area contributed by atoms with Crippen molar-refractivity contribution in [2.75, 3.05) is 6.54 Å². The summed E-state index contributed by atoms with van der Waals surface area (Å²) in [6.45, 7) is 2.67. The van der Waals surface area contributed by atoms with E-state index >= 15 is 0 Å². The van der Waals surface area contributed by atoms with Gasteiger partial charge >= 0.3 is 12.0 Å². The molecule has 2 amide bonds. The average molecular weight is 268 g/mol. The Hall–Kier alpha value is -1.26. The van der Waals surface area contributed by atoms with Crippen LogP contribution < -0.4 is 5.32 Å². The van der Waals surface area contributed by atoms with Crippen LogP contribution in [0.3, 0.4) is 0 Å². The first-order valence-electron chi connectivity index (χ1n) is 7.43.